The third-order valence-electron chi connectivity index (χ3n) is 6.80. The van der Waals surface area contributed by atoms with Crippen LogP contribution in [0.4, 0.5) is 0 Å². The van der Waals surface area contributed by atoms with E-state index >= 15 is 0 Å². The third kappa shape index (κ3) is 6.69. The minimum atomic E-state index is -1.85. The highest BCUT2D eigenvalue weighted by atomic mass is 28.4. The fourth-order valence-corrected chi connectivity index (χ4v) is 7.26. The van der Waals surface area contributed by atoms with Crippen LogP contribution in [0, 0.1) is 0 Å². The molecule has 2 nitrogen and oxygen atoms in total. The minimum absolute atomic E-state index is 0.0307. The first-order valence-electron chi connectivity index (χ1n) is 12.2. The van der Waals surface area contributed by atoms with Gasteiger partial charge in [-0.2, -0.15) is 0 Å². The summed E-state index contributed by atoms with van der Waals surface area (Å²) in [7, 11) is -0.136. The van der Waals surface area contributed by atoms with E-state index < -0.39 is 8.32 Å². The first kappa shape index (κ1) is 25.0. The highest BCUT2D eigenvalue weighted by Crippen LogP contribution is 2.40. The zero-order chi connectivity index (χ0) is 23.5. The van der Waals surface area contributed by atoms with Gasteiger partial charge in [-0.25, -0.2) is 0 Å². The molecule has 0 fully saturated rings. The van der Waals surface area contributed by atoms with Gasteiger partial charge >= 0.3 is 0 Å². The highest BCUT2D eigenvalue weighted by Gasteiger charge is 2.35. The van der Waals surface area contributed by atoms with Crippen molar-refractivity contribution in [2.45, 2.75) is 57.3 Å². The summed E-state index contributed by atoms with van der Waals surface area (Å²) in [5, 5.41) is 0. The maximum absolute atomic E-state index is 7.21. The van der Waals surface area contributed by atoms with E-state index in [4.69, 9.17) is 9.16 Å². The predicted octanol–water partition coefficient (Wildman–Crippen LogP) is 8.34. The van der Waals surface area contributed by atoms with Crippen LogP contribution in [0.25, 0.3) is 0 Å². The molecule has 0 amide bonds. The molecule has 0 bridgehead atoms. The molecule has 3 aromatic rings. The molecule has 3 heteroatoms. The monoisotopic (exact) mass is 458 g/mol. The molecule has 0 aliphatic heterocycles. The molecule has 2 atom stereocenters. The Kier molecular flexibility index (Phi) is 9.53. The van der Waals surface area contributed by atoms with Crippen molar-refractivity contribution in [3.8, 4) is 5.75 Å². The lowest BCUT2D eigenvalue weighted by molar-refractivity contribution is 0.173. The third-order valence-corrected chi connectivity index (χ3v) is 11.4. The van der Waals surface area contributed by atoms with Crippen LogP contribution in [0.5, 0.6) is 5.75 Å². The summed E-state index contributed by atoms with van der Waals surface area (Å²) in [5.41, 5.74) is 3.82. The highest BCUT2D eigenvalue weighted by molar-refractivity contribution is 6.73. The van der Waals surface area contributed by atoms with E-state index in [2.05, 4.69) is 118 Å². The van der Waals surface area contributed by atoms with E-state index in [1.54, 1.807) is 7.11 Å². The van der Waals surface area contributed by atoms with Crippen LogP contribution in [0.15, 0.2) is 97.1 Å². The van der Waals surface area contributed by atoms with Crippen LogP contribution < -0.4 is 4.74 Å². The van der Waals surface area contributed by atoms with Gasteiger partial charge < -0.3 is 9.16 Å². The summed E-state index contributed by atoms with van der Waals surface area (Å²) in [4.78, 5) is 0. The molecule has 0 radical (unpaired) electrons. The molecule has 0 aliphatic carbocycles. The smallest absolute Gasteiger partial charge is 0.192 e. The molecule has 0 unspecified atom stereocenters. The van der Waals surface area contributed by atoms with Crippen molar-refractivity contribution in [1.82, 2.24) is 0 Å². The molecular formula is C30H38O2Si. The summed E-state index contributed by atoms with van der Waals surface area (Å²) in [5.74, 6) is 1.01. The lowest BCUT2D eigenvalue weighted by atomic mass is 9.88. The van der Waals surface area contributed by atoms with E-state index in [1.807, 2.05) is 0 Å². The Morgan fingerprint density at radius 2 is 1.30 bits per heavy atom. The van der Waals surface area contributed by atoms with Crippen molar-refractivity contribution >= 4 is 8.32 Å². The second-order valence-electron chi connectivity index (χ2n) is 8.61. The van der Waals surface area contributed by atoms with Gasteiger partial charge in [-0.15, -0.1) is 0 Å². The Morgan fingerprint density at radius 1 is 0.727 bits per heavy atom. The summed E-state index contributed by atoms with van der Waals surface area (Å²) in [6, 6.07) is 33.3. The number of ether oxygens (including phenoxy) is 1. The van der Waals surface area contributed by atoms with Crippen molar-refractivity contribution in [3.63, 3.8) is 0 Å². The first-order chi connectivity index (χ1) is 16.1. The molecule has 0 saturated carbocycles. The Bertz CT molecular complexity index is 955. The van der Waals surface area contributed by atoms with Crippen LogP contribution in [-0.4, -0.2) is 15.4 Å². The van der Waals surface area contributed by atoms with Crippen LogP contribution in [0.2, 0.25) is 18.1 Å². The van der Waals surface area contributed by atoms with Crippen LogP contribution in [0.1, 0.15) is 49.5 Å². The fraction of sp³-hybridized carbons (Fsp3) is 0.333. The molecule has 33 heavy (non-hydrogen) atoms. The van der Waals surface area contributed by atoms with Gasteiger partial charge in [0.05, 0.1) is 13.2 Å². The molecular weight excluding hydrogens is 420 g/mol. The van der Waals surface area contributed by atoms with Crippen LogP contribution in [-0.2, 0) is 10.8 Å². The normalized spacial score (nSPS) is 13.7. The fourth-order valence-electron chi connectivity index (χ4n) is 4.44. The van der Waals surface area contributed by atoms with Crippen LogP contribution >= 0.6 is 0 Å². The number of benzene rings is 3. The standard InChI is InChI=1S/C30H38O2Si/c1-5-33(6-2,7-3)32-30(27-21-23-28(31-4)24-22-27)29(26-18-12-9-13-19-26)20-14-17-25-15-10-8-11-16-25/h8-16,18-24,29-30H,5-7,17H2,1-4H3/b20-14-/t29-,30-/m1/s1. The maximum atomic E-state index is 7.21. The van der Waals surface area contributed by atoms with Crippen molar-refractivity contribution < 1.29 is 9.16 Å². The number of hydrogen-bond acceptors (Lipinski definition) is 2. The molecule has 0 heterocycles. The van der Waals surface area contributed by atoms with Crippen LogP contribution in [0.3, 0.4) is 0 Å². The number of allylic oxidation sites excluding steroid dienone is 1. The zero-order valence-corrected chi connectivity index (χ0v) is 21.5. The number of rotatable bonds is 12. The maximum Gasteiger partial charge on any atom is 0.192 e. The van der Waals surface area contributed by atoms with Gasteiger partial charge in [0.25, 0.3) is 0 Å². The van der Waals surface area contributed by atoms with Crippen molar-refractivity contribution in [1.29, 1.82) is 0 Å². The van der Waals surface area contributed by atoms with Crippen molar-refractivity contribution in [2.75, 3.05) is 7.11 Å². The number of methoxy groups -OCH3 is 1. The molecule has 0 N–H and O–H groups in total. The molecule has 0 aromatic heterocycles. The Labute approximate surface area is 201 Å². The summed E-state index contributed by atoms with van der Waals surface area (Å²) < 4.78 is 12.6. The summed E-state index contributed by atoms with van der Waals surface area (Å²) in [6.07, 6.45) is 5.55. The summed E-state index contributed by atoms with van der Waals surface area (Å²) in [6.45, 7) is 6.90. The molecule has 0 aliphatic rings. The van der Waals surface area contributed by atoms with Gasteiger partial charge in [0.1, 0.15) is 5.75 Å². The largest absolute Gasteiger partial charge is 0.497 e. The minimum Gasteiger partial charge on any atom is -0.497 e. The van der Waals surface area contributed by atoms with Gasteiger partial charge in [0.2, 0.25) is 0 Å². The average molecular weight is 459 g/mol. The van der Waals surface area contributed by atoms with E-state index in [1.165, 1.54) is 16.7 Å². The van der Waals surface area contributed by atoms with Gasteiger partial charge in [-0.05, 0) is 53.4 Å². The lowest BCUT2D eigenvalue weighted by Crippen LogP contribution is -2.38. The molecule has 0 spiro atoms. The quantitative estimate of drug-likeness (QED) is 0.200. The second kappa shape index (κ2) is 12.6. The Morgan fingerprint density at radius 3 is 1.85 bits per heavy atom. The van der Waals surface area contributed by atoms with E-state index in [-0.39, 0.29) is 12.0 Å². The zero-order valence-electron chi connectivity index (χ0n) is 20.5. The van der Waals surface area contributed by atoms with Gasteiger partial charge in [-0.1, -0.05) is 106 Å². The number of hydrogen-bond donors (Lipinski definition) is 0. The molecule has 3 rings (SSSR count). The second-order valence-corrected chi connectivity index (χ2v) is 13.3. The molecule has 3 aromatic carbocycles. The predicted molar refractivity (Wildman–Crippen MR) is 142 cm³/mol. The first-order valence-corrected chi connectivity index (χ1v) is 14.7. The average Bonchev–Trinajstić information content (AvgIpc) is 2.89. The SMILES string of the molecule is CC[Si](CC)(CC)O[C@H](c1ccc(OC)cc1)[C@H](/C=C\Cc1ccccc1)c1ccccc1. The van der Waals surface area contributed by atoms with Crippen molar-refractivity contribution in [3.05, 3.63) is 114 Å². The van der Waals surface area contributed by atoms with Gasteiger partial charge in [-0.3, -0.25) is 0 Å². The Balaban J connectivity index is 2.03. The van der Waals surface area contributed by atoms with E-state index in [0.29, 0.717) is 0 Å². The van der Waals surface area contributed by atoms with Crippen molar-refractivity contribution in [2.24, 2.45) is 0 Å². The van der Waals surface area contributed by atoms with Gasteiger partial charge in [0, 0.05) is 5.92 Å². The molecule has 0 saturated heterocycles. The van der Waals surface area contributed by atoms with E-state index in [0.717, 1.165) is 30.3 Å². The topological polar surface area (TPSA) is 18.5 Å². The van der Waals surface area contributed by atoms with Gasteiger partial charge in [0.15, 0.2) is 8.32 Å². The molecule has 174 valence electrons. The van der Waals surface area contributed by atoms with E-state index in [9.17, 15) is 0 Å². The summed E-state index contributed by atoms with van der Waals surface area (Å²) >= 11 is 0. The lowest BCUT2D eigenvalue weighted by Gasteiger charge is -2.37. The Hall–Kier alpha value is -2.62.